The molecule has 38 heavy (non-hydrogen) atoms. The summed E-state index contributed by atoms with van der Waals surface area (Å²) in [5.41, 5.74) is 12.6. The molecule has 4 rings (SSSR count). The topological polar surface area (TPSA) is 84.7 Å². The highest BCUT2D eigenvalue weighted by Crippen LogP contribution is 2.38. The molecule has 0 saturated heterocycles. The van der Waals surface area contributed by atoms with E-state index in [1.165, 1.54) is 0 Å². The maximum absolute atomic E-state index is 12.8. The van der Waals surface area contributed by atoms with E-state index in [0.717, 1.165) is 46.6 Å². The van der Waals surface area contributed by atoms with Gasteiger partial charge in [-0.3, -0.25) is 9.59 Å². The molecule has 3 N–H and O–H groups in total. The van der Waals surface area contributed by atoms with E-state index in [2.05, 4.69) is 23.2 Å². The van der Waals surface area contributed by atoms with Crippen LogP contribution in [-0.4, -0.2) is 24.5 Å². The van der Waals surface area contributed by atoms with Crippen molar-refractivity contribution in [2.45, 2.75) is 59.2 Å². The second-order valence-corrected chi connectivity index (χ2v) is 10.8. The van der Waals surface area contributed by atoms with Crippen molar-refractivity contribution < 1.29 is 14.3 Å². The molecule has 7 heteroatoms. The minimum absolute atomic E-state index is 0.00365. The number of carbonyl (C=O) groups excluding carboxylic acids is 2. The van der Waals surface area contributed by atoms with E-state index in [9.17, 15) is 9.59 Å². The molecule has 3 aromatic carbocycles. The third-order valence-corrected chi connectivity index (χ3v) is 7.41. The van der Waals surface area contributed by atoms with Crippen molar-refractivity contribution in [3.63, 3.8) is 0 Å². The average Bonchev–Trinajstić information content (AvgIpc) is 3.04. The number of carbonyl (C=O) groups is 2. The van der Waals surface area contributed by atoms with Gasteiger partial charge in [-0.05, 0) is 85.7 Å². The monoisotopic (exact) mass is 533 g/mol. The summed E-state index contributed by atoms with van der Waals surface area (Å²) < 4.78 is 5.91. The van der Waals surface area contributed by atoms with E-state index in [4.69, 9.17) is 22.1 Å². The minimum atomic E-state index is -0.663. The van der Waals surface area contributed by atoms with Crippen LogP contribution in [0.5, 0.6) is 0 Å². The zero-order chi connectivity index (χ0) is 27.4. The van der Waals surface area contributed by atoms with Crippen molar-refractivity contribution in [2.24, 2.45) is 11.7 Å². The van der Waals surface area contributed by atoms with Gasteiger partial charge in [0.2, 0.25) is 0 Å². The van der Waals surface area contributed by atoms with Gasteiger partial charge in [-0.2, -0.15) is 0 Å². The van der Waals surface area contributed by atoms with Crippen LogP contribution in [0.4, 0.5) is 11.4 Å². The minimum Gasteiger partial charge on any atom is -0.456 e. The number of esters is 1. The normalized spacial score (nSPS) is 16.0. The van der Waals surface area contributed by atoms with Crippen LogP contribution in [0.15, 0.2) is 60.7 Å². The van der Waals surface area contributed by atoms with E-state index in [-0.39, 0.29) is 17.8 Å². The number of nitrogens with zero attached hydrogens (tertiary/aromatic N) is 1. The molecule has 1 aliphatic heterocycles. The summed E-state index contributed by atoms with van der Waals surface area (Å²) in [6.07, 6.45) is 1.15. The largest absolute Gasteiger partial charge is 0.456 e. The highest BCUT2D eigenvalue weighted by atomic mass is 35.5. The van der Waals surface area contributed by atoms with Crippen LogP contribution in [0, 0.1) is 19.8 Å². The van der Waals surface area contributed by atoms with Crippen LogP contribution in [0.3, 0.4) is 0 Å². The lowest BCUT2D eigenvalue weighted by atomic mass is 10.0. The van der Waals surface area contributed by atoms with Crippen molar-refractivity contribution in [1.29, 1.82) is 0 Å². The van der Waals surface area contributed by atoms with Gasteiger partial charge in [0.05, 0.1) is 0 Å². The molecule has 1 unspecified atom stereocenters. The number of aryl methyl sites for hydroxylation is 2. The Bertz CT molecular complexity index is 1320. The Kier molecular flexibility index (Phi) is 8.75. The van der Waals surface area contributed by atoms with Gasteiger partial charge >= 0.3 is 5.97 Å². The number of halogens is 1. The molecular weight excluding hydrogens is 498 g/mol. The number of anilines is 2. The first-order chi connectivity index (χ1) is 18.1. The van der Waals surface area contributed by atoms with E-state index < -0.39 is 12.1 Å². The number of hydrogen-bond acceptors (Lipinski definition) is 5. The number of hydrogen-bond donors (Lipinski definition) is 2. The smallest absolute Gasteiger partial charge is 0.323 e. The third kappa shape index (κ3) is 6.37. The molecule has 200 valence electrons. The number of nitrogens with one attached hydrogen (secondary N) is 1. The molecule has 2 atom stereocenters. The number of ether oxygens (including phenoxy) is 1. The van der Waals surface area contributed by atoms with Gasteiger partial charge < -0.3 is 20.7 Å². The molecule has 0 spiro atoms. The first-order valence-corrected chi connectivity index (χ1v) is 13.5. The molecule has 3 aromatic rings. The lowest BCUT2D eigenvalue weighted by Crippen LogP contribution is -2.37. The van der Waals surface area contributed by atoms with Gasteiger partial charge in [0.25, 0.3) is 5.91 Å². The van der Waals surface area contributed by atoms with Crippen LogP contribution in [0.2, 0.25) is 5.02 Å². The Morgan fingerprint density at radius 2 is 1.84 bits per heavy atom. The first-order valence-electron chi connectivity index (χ1n) is 13.1. The van der Waals surface area contributed by atoms with Crippen LogP contribution >= 0.6 is 11.6 Å². The molecule has 0 bridgehead atoms. The Morgan fingerprint density at radius 3 is 2.55 bits per heavy atom. The van der Waals surface area contributed by atoms with Crippen LogP contribution in [0.1, 0.15) is 65.4 Å². The molecule has 6 nitrogen and oxygen atoms in total. The van der Waals surface area contributed by atoms with Crippen LogP contribution < -0.4 is 16.0 Å². The quantitative estimate of drug-likeness (QED) is 0.335. The van der Waals surface area contributed by atoms with Gasteiger partial charge in [-0.1, -0.05) is 49.7 Å². The van der Waals surface area contributed by atoms with E-state index >= 15 is 0 Å². The molecule has 0 saturated carbocycles. The number of benzene rings is 3. The standard InChI is InChI=1S/C31H36ClN3O3/c1-19(2)29(33)31(37)38-28-10-7-15-35(27-14-12-23(32)17-26(27)28)18-22-11-13-24(16-21(22)4)34-30(36)25-9-6-5-8-20(25)3/h5-6,8-9,11-14,16-17,19,28-29H,7,10,15,18,33H2,1-4H3,(H,34,36)/t28?,29-/m0/s1. The highest BCUT2D eigenvalue weighted by Gasteiger charge is 2.29. The predicted molar refractivity (Wildman–Crippen MR) is 154 cm³/mol. The summed E-state index contributed by atoms with van der Waals surface area (Å²) in [4.78, 5) is 27.7. The van der Waals surface area contributed by atoms with Crippen molar-refractivity contribution in [1.82, 2.24) is 0 Å². The molecule has 0 aliphatic carbocycles. The van der Waals surface area contributed by atoms with E-state index in [1.807, 2.05) is 75.4 Å². The number of nitrogens with two attached hydrogens (primary N) is 1. The molecular formula is C31H36ClN3O3. The van der Waals surface area contributed by atoms with E-state index in [0.29, 0.717) is 23.6 Å². The summed E-state index contributed by atoms with van der Waals surface area (Å²) in [6, 6.07) is 18.7. The lowest BCUT2D eigenvalue weighted by Gasteiger charge is -2.27. The van der Waals surface area contributed by atoms with Gasteiger partial charge in [-0.15, -0.1) is 0 Å². The predicted octanol–water partition coefficient (Wildman–Crippen LogP) is 6.58. The number of rotatable bonds is 7. The van der Waals surface area contributed by atoms with Crippen molar-refractivity contribution in [2.75, 3.05) is 16.8 Å². The second kappa shape index (κ2) is 12.0. The summed E-state index contributed by atoms with van der Waals surface area (Å²) in [5, 5.41) is 3.62. The molecule has 0 fully saturated rings. The zero-order valence-electron chi connectivity index (χ0n) is 22.5. The number of amides is 1. The van der Waals surface area contributed by atoms with Gasteiger partial charge in [0.15, 0.2) is 0 Å². The maximum Gasteiger partial charge on any atom is 0.323 e. The molecule has 0 radical (unpaired) electrons. The fourth-order valence-electron chi connectivity index (χ4n) is 4.78. The maximum atomic E-state index is 12.8. The van der Waals surface area contributed by atoms with Gasteiger partial charge in [0, 0.05) is 40.6 Å². The Balaban J connectivity index is 1.53. The van der Waals surface area contributed by atoms with Gasteiger partial charge in [-0.25, -0.2) is 0 Å². The third-order valence-electron chi connectivity index (χ3n) is 7.17. The van der Waals surface area contributed by atoms with Gasteiger partial charge in [0.1, 0.15) is 12.1 Å². The molecule has 1 amide bonds. The zero-order valence-corrected chi connectivity index (χ0v) is 23.2. The molecule has 1 heterocycles. The number of fused-ring (bicyclic) bond motifs is 1. The van der Waals surface area contributed by atoms with Crippen LogP contribution in [-0.2, 0) is 16.1 Å². The fraction of sp³-hybridized carbons (Fsp3) is 0.355. The Morgan fingerprint density at radius 1 is 1.08 bits per heavy atom. The van der Waals surface area contributed by atoms with Crippen molar-refractivity contribution in [3.05, 3.63) is 93.5 Å². The fourth-order valence-corrected chi connectivity index (χ4v) is 4.96. The van der Waals surface area contributed by atoms with E-state index in [1.54, 1.807) is 0 Å². The van der Waals surface area contributed by atoms with Crippen molar-refractivity contribution >= 4 is 34.9 Å². The molecule has 1 aliphatic rings. The van der Waals surface area contributed by atoms with Crippen molar-refractivity contribution in [3.8, 4) is 0 Å². The summed E-state index contributed by atoms with van der Waals surface area (Å²) in [7, 11) is 0. The first kappa shape index (κ1) is 27.7. The van der Waals surface area contributed by atoms with Crippen LogP contribution in [0.25, 0.3) is 0 Å². The highest BCUT2D eigenvalue weighted by molar-refractivity contribution is 6.30. The summed E-state index contributed by atoms with van der Waals surface area (Å²) in [5.74, 6) is -0.508. The summed E-state index contributed by atoms with van der Waals surface area (Å²) in [6.45, 7) is 9.29. The Hall–Kier alpha value is -3.35. The summed E-state index contributed by atoms with van der Waals surface area (Å²) >= 11 is 6.37. The second-order valence-electron chi connectivity index (χ2n) is 10.4. The Labute approximate surface area is 230 Å². The SMILES string of the molecule is Cc1cc(NC(=O)c2ccccc2C)ccc1CN1CCCC(OC(=O)[C@@H](N)C(C)C)c2cc(Cl)ccc21. The lowest BCUT2D eigenvalue weighted by molar-refractivity contribution is -0.152. The molecule has 0 aromatic heterocycles. The average molecular weight is 534 g/mol.